The third-order valence-corrected chi connectivity index (χ3v) is 7.81. The van der Waals surface area contributed by atoms with Crippen molar-refractivity contribution in [3.63, 3.8) is 0 Å². The van der Waals surface area contributed by atoms with E-state index in [0.717, 1.165) is 17.7 Å². The summed E-state index contributed by atoms with van der Waals surface area (Å²) in [6.07, 6.45) is -0.630. The summed E-state index contributed by atoms with van der Waals surface area (Å²) in [5.41, 5.74) is 0.845. The van der Waals surface area contributed by atoms with Crippen LogP contribution in [0.25, 0.3) is 0 Å². The number of nitrogens with zero attached hydrogens (tertiary/aromatic N) is 3. The standard InChI is InChI=1S/C23H30N4O6S/c1-17(2)12-13-26(34(32,33)20-10-8-19(9-11-20)27(30)31)22-16-25(15-21(22)24-23(28)29)14-18-6-4-3-5-7-18/h3-11,17,21-22,24H,12-16H2,1-2H3,(H,28,29)/t21-,22-/m1/s1. The second kappa shape index (κ2) is 10.9. The number of hydrogen-bond donors (Lipinski definition) is 2. The molecule has 3 rings (SSSR count). The molecule has 0 bridgehead atoms. The Bertz CT molecular complexity index is 1090. The minimum absolute atomic E-state index is 0.0579. The molecule has 2 atom stereocenters. The van der Waals surface area contributed by atoms with Crippen LogP contribution in [0, 0.1) is 16.0 Å². The molecule has 0 radical (unpaired) electrons. The highest BCUT2D eigenvalue weighted by Gasteiger charge is 2.42. The van der Waals surface area contributed by atoms with Gasteiger partial charge < -0.3 is 10.4 Å². The van der Waals surface area contributed by atoms with Crippen molar-refractivity contribution in [1.29, 1.82) is 0 Å². The van der Waals surface area contributed by atoms with Gasteiger partial charge in [0.1, 0.15) is 0 Å². The van der Waals surface area contributed by atoms with Gasteiger partial charge in [0.05, 0.1) is 21.9 Å². The molecule has 1 fully saturated rings. The molecule has 0 aromatic heterocycles. The Hall–Kier alpha value is -3.02. The maximum absolute atomic E-state index is 13.7. The first-order valence-electron chi connectivity index (χ1n) is 11.1. The van der Waals surface area contributed by atoms with Gasteiger partial charge in [0.2, 0.25) is 10.0 Å². The van der Waals surface area contributed by atoms with E-state index in [1.807, 2.05) is 49.1 Å². The van der Waals surface area contributed by atoms with Gasteiger partial charge in [-0.25, -0.2) is 13.2 Å². The van der Waals surface area contributed by atoms with E-state index in [1.54, 1.807) is 0 Å². The van der Waals surface area contributed by atoms with E-state index in [2.05, 4.69) is 5.32 Å². The van der Waals surface area contributed by atoms with Crippen molar-refractivity contribution in [3.05, 3.63) is 70.3 Å². The van der Waals surface area contributed by atoms with Crippen LogP contribution in [0.5, 0.6) is 0 Å². The van der Waals surface area contributed by atoms with Crippen LogP contribution in [-0.2, 0) is 16.6 Å². The molecule has 34 heavy (non-hydrogen) atoms. The average molecular weight is 491 g/mol. The SMILES string of the molecule is CC(C)CCN([C@@H]1CN(Cc2ccccc2)C[C@H]1NC(=O)O)S(=O)(=O)c1ccc([N+](=O)[O-])cc1. The highest BCUT2D eigenvalue weighted by molar-refractivity contribution is 7.89. The number of nitro benzene ring substituents is 1. The summed E-state index contributed by atoms with van der Waals surface area (Å²) < 4.78 is 28.7. The summed E-state index contributed by atoms with van der Waals surface area (Å²) in [6.45, 7) is 5.45. The van der Waals surface area contributed by atoms with Crippen LogP contribution < -0.4 is 5.32 Å². The molecule has 0 spiro atoms. The maximum Gasteiger partial charge on any atom is 0.404 e. The summed E-state index contributed by atoms with van der Waals surface area (Å²) in [4.78, 5) is 23.9. The smallest absolute Gasteiger partial charge is 0.404 e. The first kappa shape index (κ1) is 25.6. The second-order valence-electron chi connectivity index (χ2n) is 8.85. The molecular formula is C23H30N4O6S. The van der Waals surface area contributed by atoms with E-state index in [0.29, 0.717) is 26.1 Å². The Balaban J connectivity index is 1.93. The van der Waals surface area contributed by atoms with Gasteiger partial charge in [-0.15, -0.1) is 0 Å². The first-order chi connectivity index (χ1) is 16.1. The number of hydrogen-bond acceptors (Lipinski definition) is 6. The number of non-ortho nitro benzene ring substituents is 1. The number of benzene rings is 2. The van der Waals surface area contributed by atoms with Crippen molar-refractivity contribution in [2.45, 2.75) is 43.8 Å². The van der Waals surface area contributed by atoms with E-state index < -0.39 is 33.1 Å². The monoisotopic (exact) mass is 490 g/mol. The summed E-state index contributed by atoms with van der Waals surface area (Å²) in [5.74, 6) is 0.224. The Labute approximate surface area is 199 Å². The number of likely N-dealkylation sites (tertiary alicyclic amines) is 1. The van der Waals surface area contributed by atoms with Crippen LogP contribution in [0.3, 0.4) is 0 Å². The number of nitrogens with one attached hydrogen (secondary N) is 1. The lowest BCUT2D eigenvalue weighted by atomic mass is 10.1. The fourth-order valence-corrected chi connectivity index (χ4v) is 5.82. The lowest BCUT2D eigenvalue weighted by molar-refractivity contribution is -0.384. The molecule has 184 valence electrons. The van der Waals surface area contributed by atoms with E-state index in [1.165, 1.54) is 16.4 Å². The summed E-state index contributed by atoms with van der Waals surface area (Å²) in [5, 5.41) is 22.9. The molecule has 10 nitrogen and oxygen atoms in total. The van der Waals surface area contributed by atoms with Crippen LogP contribution in [-0.4, -0.2) is 65.5 Å². The predicted molar refractivity (Wildman–Crippen MR) is 127 cm³/mol. The third kappa shape index (κ3) is 6.31. The van der Waals surface area contributed by atoms with Crippen molar-refractivity contribution in [1.82, 2.24) is 14.5 Å². The number of amides is 1. The summed E-state index contributed by atoms with van der Waals surface area (Å²) in [6, 6.07) is 13.2. The molecule has 2 N–H and O–H groups in total. The van der Waals surface area contributed by atoms with E-state index in [9.17, 15) is 28.4 Å². The van der Waals surface area contributed by atoms with E-state index >= 15 is 0 Å². The zero-order valence-electron chi connectivity index (χ0n) is 19.2. The third-order valence-electron chi connectivity index (χ3n) is 5.87. The zero-order valence-corrected chi connectivity index (χ0v) is 20.0. The Morgan fingerprint density at radius 1 is 1.18 bits per heavy atom. The predicted octanol–water partition coefficient (Wildman–Crippen LogP) is 3.15. The van der Waals surface area contributed by atoms with Crippen LogP contribution in [0.15, 0.2) is 59.5 Å². The van der Waals surface area contributed by atoms with Gasteiger partial charge in [-0.2, -0.15) is 4.31 Å². The number of carbonyl (C=O) groups is 1. The number of carboxylic acid groups (broad SMARTS) is 1. The van der Waals surface area contributed by atoms with Crippen molar-refractivity contribution in [3.8, 4) is 0 Å². The highest BCUT2D eigenvalue weighted by atomic mass is 32.2. The topological polar surface area (TPSA) is 133 Å². The second-order valence-corrected chi connectivity index (χ2v) is 10.7. The molecule has 1 saturated heterocycles. The van der Waals surface area contributed by atoms with Gasteiger partial charge in [-0.1, -0.05) is 44.2 Å². The molecule has 0 saturated carbocycles. The van der Waals surface area contributed by atoms with Gasteiger partial charge in [0, 0.05) is 38.3 Å². The molecule has 1 aliphatic rings. The Kier molecular flexibility index (Phi) is 8.24. The summed E-state index contributed by atoms with van der Waals surface area (Å²) >= 11 is 0. The van der Waals surface area contributed by atoms with Gasteiger partial charge >= 0.3 is 6.09 Å². The molecule has 1 amide bonds. The van der Waals surface area contributed by atoms with Crippen LogP contribution in [0.2, 0.25) is 0 Å². The average Bonchev–Trinajstić information content (AvgIpc) is 3.15. The van der Waals surface area contributed by atoms with Gasteiger partial charge in [-0.3, -0.25) is 15.0 Å². The largest absolute Gasteiger partial charge is 0.465 e. The minimum Gasteiger partial charge on any atom is -0.465 e. The molecule has 2 aromatic carbocycles. The van der Waals surface area contributed by atoms with Gasteiger partial charge in [0.15, 0.2) is 0 Å². The quantitative estimate of drug-likeness (QED) is 0.386. The van der Waals surface area contributed by atoms with E-state index in [-0.39, 0.29) is 23.0 Å². The normalized spacial score (nSPS) is 18.9. The summed E-state index contributed by atoms with van der Waals surface area (Å²) in [7, 11) is -4.04. The van der Waals surface area contributed by atoms with Crippen molar-refractivity contribution >= 4 is 21.8 Å². The number of rotatable bonds is 10. The Morgan fingerprint density at radius 2 is 1.82 bits per heavy atom. The fourth-order valence-electron chi connectivity index (χ4n) is 4.15. The first-order valence-corrected chi connectivity index (χ1v) is 12.5. The Morgan fingerprint density at radius 3 is 2.38 bits per heavy atom. The molecule has 2 aromatic rings. The lowest BCUT2D eigenvalue weighted by Gasteiger charge is -2.32. The van der Waals surface area contributed by atoms with Crippen LogP contribution in [0.4, 0.5) is 10.5 Å². The molecule has 0 aliphatic carbocycles. The fraction of sp³-hybridized carbons (Fsp3) is 0.435. The molecule has 11 heteroatoms. The minimum atomic E-state index is -4.04. The van der Waals surface area contributed by atoms with E-state index in [4.69, 9.17) is 0 Å². The highest BCUT2D eigenvalue weighted by Crippen LogP contribution is 2.27. The molecule has 1 aliphatic heterocycles. The molecule has 1 heterocycles. The zero-order chi connectivity index (χ0) is 24.9. The van der Waals surface area contributed by atoms with Crippen molar-refractivity contribution < 1.29 is 23.2 Å². The number of nitro groups is 1. The van der Waals surface area contributed by atoms with Gasteiger partial charge in [0.25, 0.3) is 5.69 Å². The van der Waals surface area contributed by atoms with Crippen LogP contribution in [0.1, 0.15) is 25.8 Å². The van der Waals surface area contributed by atoms with Gasteiger partial charge in [-0.05, 0) is 30.0 Å². The lowest BCUT2D eigenvalue weighted by Crippen LogP contribution is -2.53. The molecule has 0 unspecified atom stereocenters. The van der Waals surface area contributed by atoms with Crippen molar-refractivity contribution in [2.24, 2.45) is 5.92 Å². The van der Waals surface area contributed by atoms with Crippen molar-refractivity contribution in [2.75, 3.05) is 19.6 Å². The molecular weight excluding hydrogens is 460 g/mol. The number of sulfonamides is 1. The van der Waals surface area contributed by atoms with Crippen LogP contribution >= 0.6 is 0 Å². The maximum atomic E-state index is 13.7.